The summed E-state index contributed by atoms with van der Waals surface area (Å²) >= 11 is 7.46. The number of likely N-dealkylation sites (N-methyl/N-ethyl adjacent to an activating group) is 1. The summed E-state index contributed by atoms with van der Waals surface area (Å²) in [7, 11) is 0. The summed E-state index contributed by atoms with van der Waals surface area (Å²) < 4.78 is 0. The van der Waals surface area contributed by atoms with Gasteiger partial charge in [0.1, 0.15) is 0 Å². The zero-order valence-corrected chi connectivity index (χ0v) is 10.7. The van der Waals surface area contributed by atoms with E-state index in [1.54, 1.807) is 11.3 Å². The second-order valence-electron chi connectivity index (χ2n) is 3.98. The highest BCUT2D eigenvalue weighted by Gasteiger charge is 2.27. The Bertz CT molecular complexity index is 309. The Kier molecular flexibility index (Phi) is 4.00. The maximum absolute atomic E-state index is 5.72. The van der Waals surface area contributed by atoms with Gasteiger partial charge in [-0.1, -0.05) is 6.92 Å². The van der Waals surface area contributed by atoms with Gasteiger partial charge in [0.25, 0.3) is 0 Å². The summed E-state index contributed by atoms with van der Waals surface area (Å²) in [6.07, 6.45) is 3.85. The monoisotopic (exact) mass is 244 g/mol. The predicted molar refractivity (Wildman–Crippen MR) is 65.6 cm³/mol. The van der Waals surface area contributed by atoms with Crippen LogP contribution in [0.2, 0.25) is 0 Å². The van der Waals surface area contributed by atoms with Crippen molar-refractivity contribution >= 4 is 22.9 Å². The Morgan fingerprint density at radius 3 is 2.93 bits per heavy atom. The van der Waals surface area contributed by atoms with Crippen molar-refractivity contribution in [1.82, 2.24) is 9.88 Å². The molecule has 0 bridgehead atoms. The molecular weight excluding hydrogens is 228 g/mol. The van der Waals surface area contributed by atoms with E-state index in [-0.39, 0.29) is 0 Å². The number of thiazole rings is 1. The molecule has 1 heterocycles. The zero-order valence-electron chi connectivity index (χ0n) is 9.08. The van der Waals surface area contributed by atoms with Crippen LogP contribution in [-0.2, 0) is 12.3 Å². The van der Waals surface area contributed by atoms with Gasteiger partial charge in [-0.2, -0.15) is 0 Å². The van der Waals surface area contributed by atoms with Crippen LogP contribution in [-0.4, -0.2) is 29.0 Å². The molecule has 0 radical (unpaired) electrons. The standard InChI is InChI=1S/C11H17ClN2S/c1-2-14(10-3-4-10)6-5-11-13-9(7-12)8-15-11/h8,10H,2-7H2,1H3. The Hall–Kier alpha value is -0.120. The van der Waals surface area contributed by atoms with E-state index in [0.717, 1.165) is 24.7 Å². The highest BCUT2D eigenvalue weighted by atomic mass is 35.5. The molecule has 1 aliphatic rings. The summed E-state index contributed by atoms with van der Waals surface area (Å²) in [5.74, 6) is 0.538. The van der Waals surface area contributed by atoms with E-state index in [0.29, 0.717) is 5.88 Å². The van der Waals surface area contributed by atoms with E-state index in [1.807, 2.05) is 0 Å². The summed E-state index contributed by atoms with van der Waals surface area (Å²) in [5.41, 5.74) is 1.02. The first-order chi connectivity index (χ1) is 7.33. The number of rotatable bonds is 6. The third-order valence-corrected chi connectivity index (χ3v) is 4.05. The Labute approximate surface area is 100 Å². The molecule has 0 N–H and O–H groups in total. The van der Waals surface area contributed by atoms with Crippen molar-refractivity contribution in [3.8, 4) is 0 Å². The summed E-state index contributed by atoms with van der Waals surface area (Å²) in [5, 5.41) is 3.29. The van der Waals surface area contributed by atoms with Crippen LogP contribution in [0.3, 0.4) is 0 Å². The number of halogens is 1. The van der Waals surface area contributed by atoms with Crippen molar-refractivity contribution in [2.75, 3.05) is 13.1 Å². The summed E-state index contributed by atoms with van der Waals surface area (Å²) in [4.78, 5) is 7.03. The lowest BCUT2D eigenvalue weighted by atomic mass is 10.3. The first kappa shape index (κ1) is 11.4. The lowest BCUT2D eigenvalue weighted by molar-refractivity contribution is 0.281. The molecule has 0 unspecified atom stereocenters. The maximum atomic E-state index is 5.72. The SMILES string of the molecule is CCN(CCc1nc(CCl)cs1)C1CC1. The van der Waals surface area contributed by atoms with Gasteiger partial charge in [0.15, 0.2) is 0 Å². The largest absolute Gasteiger partial charge is 0.300 e. The van der Waals surface area contributed by atoms with E-state index in [1.165, 1.54) is 24.4 Å². The van der Waals surface area contributed by atoms with E-state index in [2.05, 4.69) is 22.2 Å². The molecule has 1 saturated carbocycles. The van der Waals surface area contributed by atoms with Crippen molar-refractivity contribution in [2.24, 2.45) is 0 Å². The van der Waals surface area contributed by atoms with Crippen LogP contribution in [0, 0.1) is 0 Å². The lowest BCUT2D eigenvalue weighted by Gasteiger charge is -2.18. The molecule has 0 amide bonds. The summed E-state index contributed by atoms with van der Waals surface area (Å²) in [6, 6.07) is 0.863. The van der Waals surface area contributed by atoms with Gasteiger partial charge in [-0.25, -0.2) is 4.98 Å². The number of hydrogen-bond acceptors (Lipinski definition) is 3. The average molecular weight is 245 g/mol. The fraction of sp³-hybridized carbons (Fsp3) is 0.727. The van der Waals surface area contributed by atoms with Gasteiger partial charge in [0, 0.05) is 24.4 Å². The third kappa shape index (κ3) is 3.16. The second-order valence-corrected chi connectivity index (χ2v) is 5.19. The van der Waals surface area contributed by atoms with Gasteiger partial charge in [0.05, 0.1) is 16.6 Å². The van der Waals surface area contributed by atoms with Crippen LogP contribution in [0.15, 0.2) is 5.38 Å². The fourth-order valence-corrected chi connectivity index (χ4v) is 2.82. The molecule has 2 rings (SSSR count). The zero-order chi connectivity index (χ0) is 10.7. The van der Waals surface area contributed by atoms with Crippen molar-refractivity contribution in [3.63, 3.8) is 0 Å². The number of aromatic nitrogens is 1. The smallest absolute Gasteiger partial charge is 0.0941 e. The molecule has 1 aromatic heterocycles. The molecular formula is C11H17ClN2S. The molecule has 0 saturated heterocycles. The van der Waals surface area contributed by atoms with Gasteiger partial charge in [-0.3, -0.25) is 0 Å². The summed E-state index contributed by atoms with van der Waals surface area (Å²) in [6.45, 7) is 4.55. The van der Waals surface area contributed by atoms with Crippen LogP contribution in [0.4, 0.5) is 0 Å². The van der Waals surface area contributed by atoms with Crippen LogP contribution in [0.5, 0.6) is 0 Å². The minimum absolute atomic E-state index is 0.538. The quantitative estimate of drug-likeness (QED) is 0.716. The molecule has 4 heteroatoms. The molecule has 1 aromatic rings. The molecule has 15 heavy (non-hydrogen) atoms. The molecule has 1 fully saturated rings. The molecule has 2 nitrogen and oxygen atoms in total. The predicted octanol–water partition coefficient (Wildman–Crippen LogP) is 2.91. The average Bonchev–Trinajstić information content (AvgIpc) is 2.98. The van der Waals surface area contributed by atoms with Crippen LogP contribution >= 0.6 is 22.9 Å². The van der Waals surface area contributed by atoms with Gasteiger partial charge >= 0.3 is 0 Å². The molecule has 0 aliphatic heterocycles. The van der Waals surface area contributed by atoms with Gasteiger partial charge in [0.2, 0.25) is 0 Å². The molecule has 1 aliphatic carbocycles. The highest BCUT2D eigenvalue weighted by Crippen LogP contribution is 2.26. The van der Waals surface area contributed by atoms with E-state index in [9.17, 15) is 0 Å². The Balaban J connectivity index is 1.80. The first-order valence-electron chi connectivity index (χ1n) is 5.56. The van der Waals surface area contributed by atoms with Crippen LogP contribution < -0.4 is 0 Å². The lowest BCUT2D eigenvalue weighted by Crippen LogP contribution is -2.27. The Morgan fingerprint density at radius 2 is 2.40 bits per heavy atom. The van der Waals surface area contributed by atoms with E-state index in [4.69, 9.17) is 11.6 Å². The van der Waals surface area contributed by atoms with Crippen molar-refractivity contribution < 1.29 is 0 Å². The van der Waals surface area contributed by atoms with Gasteiger partial charge in [-0.15, -0.1) is 22.9 Å². The second kappa shape index (κ2) is 5.28. The number of alkyl halides is 1. The minimum Gasteiger partial charge on any atom is -0.300 e. The normalized spacial score (nSPS) is 16.2. The maximum Gasteiger partial charge on any atom is 0.0941 e. The van der Waals surface area contributed by atoms with Gasteiger partial charge in [-0.05, 0) is 19.4 Å². The van der Waals surface area contributed by atoms with E-state index >= 15 is 0 Å². The topological polar surface area (TPSA) is 16.1 Å². The molecule has 0 spiro atoms. The molecule has 0 atom stereocenters. The van der Waals surface area contributed by atoms with Crippen LogP contribution in [0.25, 0.3) is 0 Å². The third-order valence-electron chi connectivity index (χ3n) is 2.82. The first-order valence-corrected chi connectivity index (χ1v) is 6.98. The molecule has 84 valence electrons. The minimum atomic E-state index is 0.538. The van der Waals surface area contributed by atoms with Crippen molar-refractivity contribution in [1.29, 1.82) is 0 Å². The number of nitrogens with zero attached hydrogens (tertiary/aromatic N) is 2. The number of hydrogen-bond donors (Lipinski definition) is 0. The van der Waals surface area contributed by atoms with Crippen molar-refractivity contribution in [3.05, 3.63) is 16.1 Å². The van der Waals surface area contributed by atoms with Crippen molar-refractivity contribution in [2.45, 2.75) is 38.1 Å². The Morgan fingerprint density at radius 1 is 1.60 bits per heavy atom. The van der Waals surface area contributed by atoms with E-state index < -0.39 is 0 Å². The highest BCUT2D eigenvalue weighted by molar-refractivity contribution is 7.09. The van der Waals surface area contributed by atoms with Crippen LogP contribution in [0.1, 0.15) is 30.5 Å². The fourth-order valence-electron chi connectivity index (χ4n) is 1.80. The van der Waals surface area contributed by atoms with Gasteiger partial charge < -0.3 is 4.90 Å². The molecule has 0 aromatic carbocycles.